The maximum Gasteiger partial charge on any atom is 0.322 e. The Bertz CT molecular complexity index is 768. The number of thiophene rings is 1. The molecule has 8 nitrogen and oxygen atoms in total. The summed E-state index contributed by atoms with van der Waals surface area (Å²) in [5, 5.41) is 13.5. The Balaban J connectivity index is 1.90. The number of piperazine rings is 1. The first-order valence-corrected chi connectivity index (χ1v) is 7.12. The minimum absolute atomic E-state index is 0.0393. The van der Waals surface area contributed by atoms with E-state index >= 15 is 0 Å². The molecular weight excluding hydrogens is 296 g/mol. The van der Waals surface area contributed by atoms with Gasteiger partial charge < -0.3 is 15.4 Å². The molecule has 1 amide bonds. The molecule has 2 aromatic heterocycles. The molecule has 3 rings (SSSR count). The molecule has 1 aliphatic heterocycles. The number of nitrogens with one attached hydrogen (secondary N) is 2. The molecule has 0 spiro atoms. The molecule has 1 unspecified atom stereocenters. The molecule has 9 heteroatoms. The lowest BCUT2D eigenvalue weighted by Crippen LogP contribution is -2.57. The number of hydrogen-bond donors (Lipinski definition) is 3. The van der Waals surface area contributed by atoms with Crippen LogP contribution in [-0.2, 0) is 16.1 Å². The molecule has 1 aliphatic rings. The van der Waals surface area contributed by atoms with Crippen LogP contribution < -0.4 is 10.9 Å². The highest BCUT2D eigenvalue weighted by Gasteiger charge is 2.32. The normalized spacial score (nSPS) is 19.6. The van der Waals surface area contributed by atoms with Crippen molar-refractivity contribution in [2.75, 3.05) is 13.1 Å². The summed E-state index contributed by atoms with van der Waals surface area (Å²) in [6.45, 7) is 0.104. The first kappa shape index (κ1) is 13.7. The third-order valence-electron chi connectivity index (χ3n) is 3.28. The van der Waals surface area contributed by atoms with Gasteiger partial charge >= 0.3 is 5.97 Å². The molecule has 3 heterocycles. The van der Waals surface area contributed by atoms with Crippen LogP contribution in [0.25, 0.3) is 10.2 Å². The van der Waals surface area contributed by atoms with Crippen molar-refractivity contribution in [2.24, 2.45) is 0 Å². The summed E-state index contributed by atoms with van der Waals surface area (Å²) in [5.41, 5.74) is 0.324. The summed E-state index contributed by atoms with van der Waals surface area (Å²) in [7, 11) is 0. The maximum atomic E-state index is 11.9. The fraction of sp³-hybridized carbons (Fsp3) is 0.333. The molecule has 0 radical (unpaired) electrons. The standard InChI is InChI=1S/C12H12N4O4S/c17-9-5-16(7(3-13-9)12(19)20)4-8-14-6-1-2-21-10(6)11(18)15-8/h1-2,7H,3-5H2,(H,13,17)(H,19,20)(H,14,15,18). The van der Waals surface area contributed by atoms with E-state index in [1.54, 1.807) is 11.4 Å². The number of aliphatic carboxylic acids is 1. The number of amides is 1. The fourth-order valence-corrected chi connectivity index (χ4v) is 3.01. The first-order chi connectivity index (χ1) is 10.0. The number of fused-ring (bicyclic) bond motifs is 1. The summed E-state index contributed by atoms with van der Waals surface area (Å²) in [6.07, 6.45) is 0. The molecule has 1 saturated heterocycles. The first-order valence-electron chi connectivity index (χ1n) is 6.24. The smallest absolute Gasteiger partial charge is 0.322 e. The zero-order chi connectivity index (χ0) is 15.0. The van der Waals surface area contributed by atoms with E-state index in [0.29, 0.717) is 16.0 Å². The van der Waals surface area contributed by atoms with Gasteiger partial charge in [-0.3, -0.25) is 19.3 Å². The van der Waals surface area contributed by atoms with Gasteiger partial charge in [-0.25, -0.2) is 4.98 Å². The van der Waals surface area contributed by atoms with E-state index in [2.05, 4.69) is 15.3 Å². The minimum Gasteiger partial charge on any atom is -0.480 e. The zero-order valence-electron chi connectivity index (χ0n) is 10.8. The van der Waals surface area contributed by atoms with E-state index < -0.39 is 12.0 Å². The van der Waals surface area contributed by atoms with Gasteiger partial charge in [0.25, 0.3) is 5.56 Å². The number of H-pyrrole nitrogens is 1. The molecular formula is C12H12N4O4S. The number of carbonyl (C=O) groups is 2. The van der Waals surface area contributed by atoms with Crippen molar-refractivity contribution < 1.29 is 14.7 Å². The lowest BCUT2D eigenvalue weighted by molar-refractivity contribution is -0.146. The Kier molecular flexibility index (Phi) is 3.43. The molecule has 0 bridgehead atoms. The van der Waals surface area contributed by atoms with E-state index in [9.17, 15) is 19.5 Å². The van der Waals surface area contributed by atoms with Gasteiger partial charge in [-0.15, -0.1) is 11.3 Å². The summed E-state index contributed by atoms with van der Waals surface area (Å²) in [4.78, 5) is 42.9. The summed E-state index contributed by atoms with van der Waals surface area (Å²) < 4.78 is 0.532. The Hall–Kier alpha value is -2.26. The average Bonchev–Trinajstić information content (AvgIpc) is 2.87. The van der Waals surface area contributed by atoms with E-state index in [1.165, 1.54) is 16.2 Å². The topological polar surface area (TPSA) is 115 Å². The largest absolute Gasteiger partial charge is 0.480 e. The van der Waals surface area contributed by atoms with Crippen LogP contribution in [0.4, 0.5) is 0 Å². The van der Waals surface area contributed by atoms with Crippen molar-refractivity contribution in [2.45, 2.75) is 12.6 Å². The van der Waals surface area contributed by atoms with Gasteiger partial charge in [-0.2, -0.15) is 0 Å². The Morgan fingerprint density at radius 1 is 1.52 bits per heavy atom. The lowest BCUT2D eigenvalue weighted by atomic mass is 10.2. The number of rotatable bonds is 3. The van der Waals surface area contributed by atoms with Gasteiger partial charge in [-0.1, -0.05) is 0 Å². The lowest BCUT2D eigenvalue weighted by Gasteiger charge is -2.32. The molecule has 110 valence electrons. The maximum absolute atomic E-state index is 11.9. The van der Waals surface area contributed by atoms with Gasteiger partial charge in [0.05, 0.1) is 18.6 Å². The van der Waals surface area contributed by atoms with Crippen molar-refractivity contribution in [1.82, 2.24) is 20.2 Å². The quantitative estimate of drug-likeness (QED) is 0.695. The van der Waals surface area contributed by atoms with Crippen LogP contribution in [0.2, 0.25) is 0 Å². The Morgan fingerprint density at radius 2 is 2.33 bits per heavy atom. The van der Waals surface area contributed by atoms with Crippen LogP contribution in [0.15, 0.2) is 16.2 Å². The summed E-state index contributed by atoms with van der Waals surface area (Å²) >= 11 is 1.30. The molecule has 1 fully saturated rings. The summed E-state index contributed by atoms with van der Waals surface area (Å²) in [6, 6.07) is 0.905. The minimum atomic E-state index is -1.02. The van der Waals surface area contributed by atoms with Crippen molar-refractivity contribution in [1.29, 1.82) is 0 Å². The van der Waals surface area contributed by atoms with Crippen LogP contribution in [0, 0.1) is 0 Å². The Morgan fingerprint density at radius 3 is 3.10 bits per heavy atom. The summed E-state index contributed by atoms with van der Waals surface area (Å²) in [5.74, 6) is -0.910. The number of carbonyl (C=O) groups excluding carboxylic acids is 1. The second-order valence-corrected chi connectivity index (χ2v) is 5.63. The third kappa shape index (κ3) is 2.65. The van der Waals surface area contributed by atoms with E-state index in [-0.39, 0.29) is 31.1 Å². The predicted molar refractivity (Wildman–Crippen MR) is 75.1 cm³/mol. The molecule has 0 aromatic carbocycles. The molecule has 0 aliphatic carbocycles. The molecule has 1 atom stereocenters. The fourth-order valence-electron chi connectivity index (χ4n) is 2.29. The van der Waals surface area contributed by atoms with Crippen molar-refractivity contribution in [3.63, 3.8) is 0 Å². The van der Waals surface area contributed by atoms with Crippen molar-refractivity contribution in [3.05, 3.63) is 27.6 Å². The molecule has 0 saturated carbocycles. The number of carboxylic acid groups (broad SMARTS) is 1. The second kappa shape index (κ2) is 5.26. The van der Waals surface area contributed by atoms with E-state index in [4.69, 9.17) is 0 Å². The van der Waals surface area contributed by atoms with Crippen LogP contribution in [0.3, 0.4) is 0 Å². The third-order valence-corrected chi connectivity index (χ3v) is 4.18. The average molecular weight is 308 g/mol. The predicted octanol–water partition coefficient (Wildman–Crippen LogP) is -0.630. The van der Waals surface area contributed by atoms with Crippen LogP contribution in [0.5, 0.6) is 0 Å². The molecule has 21 heavy (non-hydrogen) atoms. The van der Waals surface area contributed by atoms with Gasteiger partial charge in [0.15, 0.2) is 0 Å². The van der Waals surface area contributed by atoms with Gasteiger partial charge in [0.2, 0.25) is 5.91 Å². The second-order valence-electron chi connectivity index (χ2n) is 4.71. The van der Waals surface area contributed by atoms with Crippen LogP contribution >= 0.6 is 11.3 Å². The monoisotopic (exact) mass is 308 g/mol. The van der Waals surface area contributed by atoms with Crippen molar-refractivity contribution >= 4 is 33.4 Å². The highest BCUT2D eigenvalue weighted by Crippen LogP contribution is 2.15. The highest BCUT2D eigenvalue weighted by molar-refractivity contribution is 7.17. The van der Waals surface area contributed by atoms with Crippen LogP contribution in [-0.4, -0.2) is 51.0 Å². The molecule has 3 N–H and O–H groups in total. The van der Waals surface area contributed by atoms with Gasteiger partial charge in [0.1, 0.15) is 16.6 Å². The van der Waals surface area contributed by atoms with Crippen LogP contribution in [0.1, 0.15) is 5.82 Å². The zero-order valence-corrected chi connectivity index (χ0v) is 11.6. The number of carboxylic acids is 1. The van der Waals surface area contributed by atoms with E-state index in [0.717, 1.165) is 0 Å². The SMILES string of the molecule is O=C1CN(Cc2nc3ccsc3c(=O)[nH]2)C(C(=O)O)CN1. The number of hydrogen-bond acceptors (Lipinski definition) is 6. The Labute approximate surface area is 122 Å². The highest BCUT2D eigenvalue weighted by atomic mass is 32.1. The van der Waals surface area contributed by atoms with Gasteiger partial charge in [0, 0.05) is 6.54 Å². The van der Waals surface area contributed by atoms with E-state index in [1.807, 2.05) is 0 Å². The number of nitrogens with zero attached hydrogens (tertiary/aromatic N) is 2. The number of aromatic amines is 1. The number of aromatic nitrogens is 2. The van der Waals surface area contributed by atoms with Gasteiger partial charge in [-0.05, 0) is 11.4 Å². The molecule has 2 aromatic rings. The van der Waals surface area contributed by atoms with Crippen molar-refractivity contribution in [3.8, 4) is 0 Å².